The lowest BCUT2D eigenvalue weighted by molar-refractivity contribution is -0.165. The van der Waals surface area contributed by atoms with Crippen molar-refractivity contribution in [1.29, 1.82) is 0 Å². The summed E-state index contributed by atoms with van der Waals surface area (Å²) in [4.78, 5) is 26.2. The van der Waals surface area contributed by atoms with E-state index < -0.39 is 11.6 Å². The van der Waals surface area contributed by atoms with E-state index in [0.29, 0.717) is 13.0 Å². The van der Waals surface area contributed by atoms with Crippen molar-refractivity contribution in [3.05, 3.63) is 0 Å². The Bertz CT molecular complexity index is 800. The summed E-state index contributed by atoms with van der Waals surface area (Å²) in [6.07, 6.45) is 50.9. The number of hydrogen-bond donors (Lipinski definition) is 1. The van der Waals surface area contributed by atoms with E-state index in [9.17, 15) is 9.59 Å². The van der Waals surface area contributed by atoms with Crippen LogP contribution in [0.3, 0.4) is 0 Å². The average Bonchev–Trinajstić information content (AvgIpc) is 3.20. The van der Waals surface area contributed by atoms with E-state index in [1.807, 2.05) is 0 Å². The van der Waals surface area contributed by atoms with Gasteiger partial charge in [-0.05, 0) is 51.4 Å². The van der Waals surface area contributed by atoms with Crippen LogP contribution < -0.4 is 5.73 Å². The molecule has 334 valence electrons. The van der Waals surface area contributed by atoms with Crippen LogP contribution in [-0.4, -0.2) is 30.2 Å². The van der Waals surface area contributed by atoms with E-state index in [-0.39, 0.29) is 18.4 Å². The van der Waals surface area contributed by atoms with Crippen molar-refractivity contribution >= 4 is 11.9 Å². The van der Waals surface area contributed by atoms with Crippen LogP contribution >= 0.6 is 0 Å². The molecule has 0 saturated heterocycles. The number of ether oxygens (including phenoxy) is 2. The Morgan fingerprint density at radius 3 is 0.982 bits per heavy atom. The molecule has 0 fully saturated rings. The molecule has 0 radical (unpaired) electrons. The zero-order valence-electron chi connectivity index (χ0n) is 38.7. The molecular formula is C51H101NO4. The molecule has 0 saturated carbocycles. The molecule has 0 rings (SSSR count). The lowest BCUT2D eigenvalue weighted by Crippen LogP contribution is -2.42. The average molecular weight is 792 g/mol. The molecule has 0 amide bonds. The first-order valence-electron chi connectivity index (χ1n) is 25.6. The van der Waals surface area contributed by atoms with Gasteiger partial charge in [-0.1, -0.05) is 240 Å². The van der Waals surface area contributed by atoms with Gasteiger partial charge in [-0.2, -0.15) is 0 Å². The van der Waals surface area contributed by atoms with Crippen LogP contribution in [0.4, 0.5) is 0 Å². The van der Waals surface area contributed by atoms with Gasteiger partial charge < -0.3 is 15.2 Å². The van der Waals surface area contributed by atoms with Crippen LogP contribution in [0.25, 0.3) is 0 Å². The molecule has 2 N–H and O–H groups in total. The molecule has 0 aliphatic carbocycles. The summed E-state index contributed by atoms with van der Waals surface area (Å²) in [5.74, 6) is -0.558. The van der Waals surface area contributed by atoms with Crippen molar-refractivity contribution in [3.63, 3.8) is 0 Å². The van der Waals surface area contributed by atoms with Gasteiger partial charge in [-0.25, -0.2) is 0 Å². The summed E-state index contributed by atoms with van der Waals surface area (Å²) in [6.45, 7) is 9.56. The Labute approximate surface area is 351 Å². The second-order valence-electron chi connectivity index (χ2n) is 17.9. The maximum atomic E-state index is 13.6. The summed E-state index contributed by atoms with van der Waals surface area (Å²) in [5.41, 5.74) is 6.02. The van der Waals surface area contributed by atoms with Gasteiger partial charge in [0.05, 0.1) is 6.61 Å². The van der Waals surface area contributed by atoms with E-state index in [1.54, 1.807) is 0 Å². The number of hydrogen-bond acceptors (Lipinski definition) is 5. The van der Waals surface area contributed by atoms with Crippen molar-refractivity contribution < 1.29 is 19.1 Å². The first-order valence-corrected chi connectivity index (χ1v) is 25.6. The number of esters is 2. The van der Waals surface area contributed by atoms with E-state index in [2.05, 4.69) is 27.7 Å². The summed E-state index contributed by atoms with van der Waals surface area (Å²) in [6, 6.07) is -0.783. The van der Waals surface area contributed by atoms with Gasteiger partial charge in [0.15, 0.2) is 0 Å². The van der Waals surface area contributed by atoms with E-state index in [4.69, 9.17) is 15.2 Å². The Kier molecular flexibility index (Phi) is 42.6. The number of rotatable bonds is 46. The maximum Gasteiger partial charge on any atom is 0.323 e. The topological polar surface area (TPSA) is 78.6 Å². The van der Waals surface area contributed by atoms with Crippen LogP contribution in [0.1, 0.15) is 297 Å². The molecule has 5 nitrogen and oxygen atoms in total. The molecule has 0 heterocycles. The molecule has 0 aromatic heterocycles. The molecule has 0 aliphatic heterocycles. The SMILES string of the molecule is CCCCCCCCCCCCCCCCCCOC(=O)CC[C@H](N)C(=O)OC(CCCCCCCC)(CCCCCCCC)CCCCCCCCCCC. The minimum absolute atomic E-state index is 0.176. The fourth-order valence-electron chi connectivity index (χ4n) is 8.33. The third kappa shape index (κ3) is 37.2. The lowest BCUT2D eigenvalue weighted by Gasteiger charge is -2.35. The Morgan fingerprint density at radius 1 is 0.411 bits per heavy atom. The number of nitrogens with two attached hydrogens (primary N) is 1. The summed E-state index contributed by atoms with van der Waals surface area (Å²) < 4.78 is 12.1. The van der Waals surface area contributed by atoms with Gasteiger partial charge >= 0.3 is 11.9 Å². The van der Waals surface area contributed by atoms with Crippen molar-refractivity contribution in [2.75, 3.05) is 6.61 Å². The second kappa shape index (κ2) is 43.5. The van der Waals surface area contributed by atoms with Crippen molar-refractivity contribution in [3.8, 4) is 0 Å². The van der Waals surface area contributed by atoms with E-state index in [0.717, 1.165) is 51.4 Å². The highest BCUT2D eigenvalue weighted by atomic mass is 16.6. The first kappa shape index (κ1) is 54.9. The molecule has 0 aliphatic rings. The maximum absolute atomic E-state index is 13.6. The Balaban J connectivity index is 4.67. The molecule has 1 atom stereocenters. The highest BCUT2D eigenvalue weighted by molar-refractivity contribution is 5.77. The molecule has 5 heteroatoms. The summed E-state index contributed by atoms with van der Waals surface area (Å²) >= 11 is 0. The first-order chi connectivity index (χ1) is 27.4. The minimum atomic E-state index is -0.783. The Hall–Kier alpha value is -1.10. The lowest BCUT2D eigenvalue weighted by atomic mass is 9.84. The summed E-state index contributed by atoms with van der Waals surface area (Å²) in [7, 11) is 0. The fraction of sp³-hybridized carbons (Fsp3) is 0.961. The zero-order chi connectivity index (χ0) is 41.1. The normalized spacial score (nSPS) is 12.3. The van der Waals surface area contributed by atoms with Crippen LogP contribution in [0, 0.1) is 0 Å². The molecule has 0 aromatic carbocycles. The smallest absolute Gasteiger partial charge is 0.323 e. The van der Waals surface area contributed by atoms with Crippen LogP contribution in [0.5, 0.6) is 0 Å². The van der Waals surface area contributed by atoms with Gasteiger partial charge in [0.2, 0.25) is 0 Å². The molecule has 0 spiro atoms. The van der Waals surface area contributed by atoms with Crippen LogP contribution in [-0.2, 0) is 19.1 Å². The fourth-order valence-corrected chi connectivity index (χ4v) is 8.33. The molecule has 0 unspecified atom stereocenters. The third-order valence-electron chi connectivity index (χ3n) is 12.2. The van der Waals surface area contributed by atoms with Crippen LogP contribution in [0.15, 0.2) is 0 Å². The molecule has 56 heavy (non-hydrogen) atoms. The molecule has 0 bridgehead atoms. The van der Waals surface area contributed by atoms with Crippen molar-refractivity contribution in [2.24, 2.45) is 5.73 Å². The third-order valence-corrected chi connectivity index (χ3v) is 12.2. The molecule has 0 aromatic rings. The van der Waals surface area contributed by atoms with Crippen LogP contribution in [0.2, 0.25) is 0 Å². The second-order valence-corrected chi connectivity index (χ2v) is 17.9. The van der Waals surface area contributed by atoms with Gasteiger partial charge in [0, 0.05) is 6.42 Å². The highest BCUT2D eigenvalue weighted by Gasteiger charge is 2.34. The Morgan fingerprint density at radius 2 is 0.679 bits per heavy atom. The quantitative estimate of drug-likeness (QED) is 0.0491. The zero-order valence-corrected chi connectivity index (χ0v) is 38.7. The largest absolute Gasteiger partial charge is 0.466 e. The van der Waals surface area contributed by atoms with E-state index >= 15 is 0 Å². The predicted octanol–water partition coefficient (Wildman–Crippen LogP) is 16.6. The van der Waals surface area contributed by atoms with Gasteiger partial charge in [-0.3, -0.25) is 9.59 Å². The highest BCUT2D eigenvalue weighted by Crippen LogP contribution is 2.34. The number of carbonyl (C=O) groups excluding carboxylic acids is 2. The predicted molar refractivity (Wildman–Crippen MR) is 244 cm³/mol. The number of carbonyl (C=O) groups is 2. The van der Waals surface area contributed by atoms with Crippen molar-refractivity contribution in [1.82, 2.24) is 0 Å². The molecular weight excluding hydrogens is 691 g/mol. The van der Waals surface area contributed by atoms with Gasteiger partial charge in [0.25, 0.3) is 0 Å². The summed E-state index contributed by atoms with van der Waals surface area (Å²) in [5, 5.41) is 0. The standard InChI is InChI=1S/C51H101NO4/c1-5-9-13-17-21-23-24-25-26-27-28-29-31-33-37-41-47-55-49(53)43-42-48(52)50(54)56-51(44-38-34-19-15-11-7-3,45-39-35-20-16-12-8-4)46-40-36-32-30-22-18-14-10-6-2/h48H,5-47,52H2,1-4H3/t48-/m0/s1. The number of unbranched alkanes of at least 4 members (excludes halogenated alkanes) is 33. The van der Waals surface area contributed by atoms with Crippen molar-refractivity contribution in [2.45, 2.75) is 309 Å². The minimum Gasteiger partial charge on any atom is -0.466 e. The van der Waals surface area contributed by atoms with Gasteiger partial charge in [-0.15, -0.1) is 0 Å². The van der Waals surface area contributed by atoms with Gasteiger partial charge in [0.1, 0.15) is 11.6 Å². The monoisotopic (exact) mass is 792 g/mol. The van der Waals surface area contributed by atoms with E-state index in [1.165, 1.54) is 205 Å².